The SMILES string of the molecule is COc1ccc(NC(=O)CN(Cc2ccco2)Cc2ccco2)cc1Cl. The predicted octanol–water partition coefficient (Wildman–Crippen LogP) is 4.18. The molecule has 7 heteroatoms. The maximum absolute atomic E-state index is 12.5. The Morgan fingerprint density at radius 1 is 1.12 bits per heavy atom. The van der Waals surface area contributed by atoms with Crippen molar-refractivity contribution in [1.82, 2.24) is 4.90 Å². The van der Waals surface area contributed by atoms with Crippen molar-refractivity contribution in [2.75, 3.05) is 19.0 Å². The van der Waals surface area contributed by atoms with Crippen LogP contribution in [0.25, 0.3) is 0 Å². The molecule has 136 valence electrons. The van der Waals surface area contributed by atoms with Gasteiger partial charge in [0.2, 0.25) is 5.91 Å². The molecule has 0 spiro atoms. The molecule has 0 unspecified atom stereocenters. The number of methoxy groups -OCH3 is 1. The first-order valence-corrected chi connectivity index (χ1v) is 8.42. The molecule has 0 saturated heterocycles. The van der Waals surface area contributed by atoms with Gasteiger partial charge < -0.3 is 18.9 Å². The zero-order valence-corrected chi connectivity index (χ0v) is 15.0. The number of rotatable bonds is 8. The highest BCUT2D eigenvalue weighted by Crippen LogP contribution is 2.27. The molecule has 1 N–H and O–H groups in total. The molecule has 1 aromatic carbocycles. The average molecular weight is 375 g/mol. The molecule has 3 aromatic rings. The molecule has 26 heavy (non-hydrogen) atoms. The number of nitrogens with one attached hydrogen (secondary N) is 1. The lowest BCUT2D eigenvalue weighted by atomic mass is 10.3. The van der Waals surface area contributed by atoms with E-state index in [0.717, 1.165) is 11.5 Å². The summed E-state index contributed by atoms with van der Waals surface area (Å²) in [5, 5.41) is 3.28. The van der Waals surface area contributed by atoms with Crippen LogP contribution in [-0.4, -0.2) is 24.5 Å². The number of amides is 1. The number of furan rings is 2. The van der Waals surface area contributed by atoms with Crippen molar-refractivity contribution in [3.05, 3.63) is 71.5 Å². The minimum atomic E-state index is -0.163. The van der Waals surface area contributed by atoms with E-state index in [1.54, 1.807) is 37.8 Å². The fourth-order valence-electron chi connectivity index (χ4n) is 2.56. The van der Waals surface area contributed by atoms with Crippen molar-refractivity contribution in [2.45, 2.75) is 13.1 Å². The molecule has 1 amide bonds. The van der Waals surface area contributed by atoms with E-state index in [2.05, 4.69) is 5.32 Å². The minimum absolute atomic E-state index is 0.163. The summed E-state index contributed by atoms with van der Waals surface area (Å²) in [5.74, 6) is 1.94. The minimum Gasteiger partial charge on any atom is -0.495 e. The smallest absolute Gasteiger partial charge is 0.238 e. The molecule has 0 aliphatic heterocycles. The molecule has 0 aliphatic carbocycles. The Balaban J connectivity index is 1.65. The quantitative estimate of drug-likeness (QED) is 0.640. The Labute approximate surface area is 156 Å². The number of nitrogens with zero attached hydrogens (tertiary/aromatic N) is 1. The number of carbonyl (C=O) groups is 1. The van der Waals surface area contributed by atoms with Crippen LogP contribution >= 0.6 is 11.6 Å². The molecule has 0 fully saturated rings. The van der Waals surface area contributed by atoms with Crippen molar-refractivity contribution in [3.63, 3.8) is 0 Å². The van der Waals surface area contributed by atoms with E-state index in [9.17, 15) is 4.79 Å². The molecular formula is C19H19ClN2O4. The number of hydrogen-bond acceptors (Lipinski definition) is 5. The van der Waals surface area contributed by atoms with E-state index in [1.807, 2.05) is 29.2 Å². The van der Waals surface area contributed by atoms with Gasteiger partial charge in [-0.25, -0.2) is 0 Å². The van der Waals surface area contributed by atoms with Gasteiger partial charge in [-0.1, -0.05) is 11.6 Å². The van der Waals surface area contributed by atoms with Gasteiger partial charge in [0.1, 0.15) is 17.3 Å². The topological polar surface area (TPSA) is 67.8 Å². The Kier molecular flexibility index (Phi) is 5.99. The lowest BCUT2D eigenvalue weighted by molar-refractivity contribution is -0.117. The fourth-order valence-corrected chi connectivity index (χ4v) is 2.82. The number of carbonyl (C=O) groups excluding carboxylic acids is 1. The van der Waals surface area contributed by atoms with Gasteiger partial charge in [-0.05, 0) is 42.5 Å². The zero-order valence-electron chi connectivity index (χ0n) is 14.3. The monoisotopic (exact) mass is 374 g/mol. The Morgan fingerprint density at radius 2 is 1.77 bits per heavy atom. The average Bonchev–Trinajstić information content (AvgIpc) is 3.29. The first-order valence-electron chi connectivity index (χ1n) is 8.04. The van der Waals surface area contributed by atoms with Crippen molar-refractivity contribution in [2.24, 2.45) is 0 Å². The Hall–Kier alpha value is -2.70. The number of ether oxygens (including phenoxy) is 1. The number of halogens is 1. The van der Waals surface area contributed by atoms with Crippen LogP contribution in [0.4, 0.5) is 5.69 Å². The van der Waals surface area contributed by atoms with Crippen LogP contribution in [0.5, 0.6) is 5.75 Å². The molecule has 0 aliphatic rings. The molecule has 2 aromatic heterocycles. The molecular weight excluding hydrogens is 356 g/mol. The van der Waals surface area contributed by atoms with Gasteiger partial charge in [-0.15, -0.1) is 0 Å². The van der Waals surface area contributed by atoms with Crippen molar-refractivity contribution in [1.29, 1.82) is 0 Å². The maximum atomic E-state index is 12.5. The van der Waals surface area contributed by atoms with Crippen LogP contribution in [0.2, 0.25) is 5.02 Å². The molecule has 0 bridgehead atoms. The van der Waals surface area contributed by atoms with Crippen LogP contribution in [-0.2, 0) is 17.9 Å². The van der Waals surface area contributed by atoms with Gasteiger partial charge in [-0.3, -0.25) is 9.69 Å². The molecule has 0 atom stereocenters. The number of anilines is 1. The maximum Gasteiger partial charge on any atom is 0.238 e. The van der Waals surface area contributed by atoms with E-state index in [1.165, 1.54) is 0 Å². The third-order valence-electron chi connectivity index (χ3n) is 3.72. The highest BCUT2D eigenvalue weighted by Gasteiger charge is 2.15. The van der Waals surface area contributed by atoms with E-state index in [-0.39, 0.29) is 12.5 Å². The molecule has 0 radical (unpaired) electrons. The zero-order chi connectivity index (χ0) is 18.4. The van der Waals surface area contributed by atoms with Gasteiger partial charge in [-0.2, -0.15) is 0 Å². The third kappa shape index (κ3) is 4.91. The lowest BCUT2D eigenvalue weighted by Crippen LogP contribution is -2.32. The Bertz CT molecular complexity index is 795. The number of benzene rings is 1. The van der Waals surface area contributed by atoms with Gasteiger partial charge in [0.25, 0.3) is 0 Å². The van der Waals surface area contributed by atoms with Crippen LogP contribution in [0.1, 0.15) is 11.5 Å². The van der Waals surface area contributed by atoms with Crippen LogP contribution in [0.15, 0.2) is 63.8 Å². The first-order chi connectivity index (χ1) is 12.6. The van der Waals surface area contributed by atoms with E-state index in [0.29, 0.717) is 29.5 Å². The summed E-state index contributed by atoms with van der Waals surface area (Å²) in [5.41, 5.74) is 0.608. The van der Waals surface area contributed by atoms with Gasteiger partial charge in [0.05, 0.1) is 44.3 Å². The van der Waals surface area contributed by atoms with Crippen LogP contribution in [0.3, 0.4) is 0 Å². The van der Waals surface area contributed by atoms with Gasteiger partial charge in [0.15, 0.2) is 0 Å². The largest absolute Gasteiger partial charge is 0.495 e. The highest BCUT2D eigenvalue weighted by atomic mass is 35.5. The van der Waals surface area contributed by atoms with E-state index < -0.39 is 0 Å². The first kappa shape index (κ1) is 18.1. The summed E-state index contributed by atoms with van der Waals surface area (Å²) in [6.45, 7) is 1.15. The van der Waals surface area contributed by atoms with Crippen LogP contribution < -0.4 is 10.1 Å². The number of hydrogen-bond donors (Lipinski definition) is 1. The molecule has 3 rings (SSSR count). The van der Waals surface area contributed by atoms with Crippen molar-refractivity contribution < 1.29 is 18.4 Å². The van der Waals surface area contributed by atoms with Crippen molar-refractivity contribution >= 4 is 23.2 Å². The third-order valence-corrected chi connectivity index (χ3v) is 4.02. The Morgan fingerprint density at radius 3 is 2.27 bits per heavy atom. The summed E-state index contributed by atoms with van der Waals surface area (Å²) in [4.78, 5) is 14.4. The summed E-state index contributed by atoms with van der Waals surface area (Å²) >= 11 is 6.10. The van der Waals surface area contributed by atoms with E-state index in [4.69, 9.17) is 25.2 Å². The second kappa shape index (κ2) is 8.60. The van der Waals surface area contributed by atoms with Crippen LogP contribution in [0, 0.1) is 0 Å². The normalized spacial score (nSPS) is 10.9. The van der Waals surface area contributed by atoms with Gasteiger partial charge in [0, 0.05) is 5.69 Å². The van der Waals surface area contributed by atoms with Crippen molar-refractivity contribution in [3.8, 4) is 5.75 Å². The summed E-state index contributed by atoms with van der Waals surface area (Å²) in [7, 11) is 1.54. The predicted molar refractivity (Wildman–Crippen MR) is 98.2 cm³/mol. The molecule has 2 heterocycles. The molecule has 0 saturated carbocycles. The summed E-state index contributed by atoms with van der Waals surface area (Å²) in [6, 6.07) is 12.5. The lowest BCUT2D eigenvalue weighted by Gasteiger charge is -2.19. The highest BCUT2D eigenvalue weighted by molar-refractivity contribution is 6.32. The second-order valence-electron chi connectivity index (χ2n) is 5.70. The second-order valence-corrected chi connectivity index (χ2v) is 6.11. The molecule has 6 nitrogen and oxygen atoms in total. The summed E-state index contributed by atoms with van der Waals surface area (Å²) in [6.07, 6.45) is 3.22. The van der Waals surface area contributed by atoms with Gasteiger partial charge >= 0.3 is 0 Å². The standard InChI is InChI=1S/C19H19ClN2O4/c1-24-18-7-6-14(10-17(18)20)21-19(23)13-22(11-15-4-2-8-25-15)12-16-5-3-9-26-16/h2-10H,11-13H2,1H3,(H,21,23). The van der Waals surface area contributed by atoms with E-state index >= 15 is 0 Å². The fraction of sp³-hybridized carbons (Fsp3) is 0.211. The summed E-state index contributed by atoms with van der Waals surface area (Å²) < 4.78 is 15.9.